The number of hydrogen-bond donors (Lipinski definition) is 2. The second-order valence-corrected chi connectivity index (χ2v) is 6.13. The van der Waals surface area contributed by atoms with Crippen molar-refractivity contribution in [3.05, 3.63) is 0 Å². The molecule has 0 aromatic carbocycles. The molecule has 0 unspecified atom stereocenters. The van der Waals surface area contributed by atoms with Crippen molar-refractivity contribution < 1.29 is 4.79 Å². The zero-order valence-corrected chi connectivity index (χ0v) is 11.3. The Balaban J connectivity index is 3.50. The average Bonchev–Trinajstić information content (AvgIpc) is 2.11. The van der Waals surface area contributed by atoms with E-state index in [2.05, 4.69) is 30.7 Å². The lowest BCUT2D eigenvalue weighted by Gasteiger charge is -2.22. The predicted molar refractivity (Wildman–Crippen MR) is 68.4 cm³/mol. The molecule has 2 N–H and O–H groups in total. The summed E-state index contributed by atoms with van der Waals surface area (Å²) < 4.78 is 0.245. The number of carbonyl (C=O) groups excluding carboxylic acids is 1. The maximum Gasteiger partial charge on any atom is 0.221 e. The van der Waals surface area contributed by atoms with Gasteiger partial charge in [-0.05, 0) is 34.0 Å². The van der Waals surface area contributed by atoms with E-state index < -0.39 is 0 Å². The van der Waals surface area contributed by atoms with E-state index in [1.807, 2.05) is 25.6 Å². The fourth-order valence-corrected chi connectivity index (χ4v) is 1.30. The van der Waals surface area contributed by atoms with E-state index >= 15 is 0 Å². The monoisotopic (exact) mass is 232 g/mol. The summed E-state index contributed by atoms with van der Waals surface area (Å²) in [6, 6.07) is 0.236. The highest BCUT2D eigenvalue weighted by atomic mass is 32.2. The van der Waals surface area contributed by atoms with Crippen LogP contribution in [0.2, 0.25) is 0 Å². The normalized spacial score (nSPS) is 11.9. The molecule has 0 atom stereocenters. The maximum absolute atomic E-state index is 11.3. The van der Waals surface area contributed by atoms with Crippen LogP contribution in [0.15, 0.2) is 0 Å². The molecule has 4 heteroatoms. The van der Waals surface area contributed by atoms with E-state index in [0.717, 1.165) is 13.1 Å². The quantitative estimate of drug-likeness (QED) is 0.656. The summed E-state index contributed by atoms with van der Waals surface area (Å²) >= 11 is 1.83. The van der Waals surface area contributed by atoms with Gasteiger partial charge < -0.3 is 10.6 Å². The third kappa shape index (κ3) is 8.75. The van der Waals surface area contributed by atoms with Gasteiger partial charge in [-0.1, -0.05) is 0 Å². The number of amides is 1. The van der Waals surface area contributed by atoms with Crippen LogP contribution in [-0.2, 0) is 4.79 Å². The van der Waals surface area contributed by atoms with Crippen molar-refractivity contribution in [2.24, 2.45) is 0 Å². The SMILES string of the molecule is CSC(C)(C)CNCCC(=O)NC(C)C. The lowest BCUT2D eigenvalue weighted by molar-refractivity contribution is -0.121. The average molecular weight is 232 g/mol. The van der Waals surface area contributed by atoms with Crippen molar-refractivity contribution in [2.45, 2.75) is 44.9 Å². The lowest BCUT2D eigenvalue weighted by Crippen LogP contribution is -2.36. The first-order valence-corrected chi connectivity index (χ1v) is 6.65. The van der Waals surface area contributed by atoms with Crippen LogP contribution in [0.1, 0.15) is 34.1 Å². The molecule has 0 saturated heterocycles. The summed E-state index contributed by atoms with van der Waals surface area (Å²) in [6.45, 7) is 10.0. The van der Waals surface area contributed by atoms with Crippen molar-refractivity contribution in [3.8, 4) is 0 Å². The van der Waals surface area contributed by atoms with Gasteiger partial charge in [-0.25, -0.2) is 0 Å². The number of rotatable bonds is 7. The molecule has 0 aromatic rings. The van der Waals surface area contributed by atoms with Crippen LogP contribution in [0.25, 0.3) is 0 Å². The van der Waals surface area contributed by atoms with Crippen LogP contribution in [0.5, 0.6) is 0 Å². The van der Waals surface area contributed by atoms with E-state index in [1.54, 1.807) is 0 Å². The first kappa shape index (κ1) is 14.8. The summed E-state index contributed by atoms with van der Waals surface area (Å²) in [7, 11) is 0. The van der Waals surface area contributed by atoms with Gasteiger partial charge in [0.25, 0.3) is 0 Å². The van der Waals surface area contributed by atoms with E-state index in [-0.39, 0.29) is 16.7 Å². The van der Waals surface area contributed by atoms with Crippen LogP contribution < -0.4 is 10.6 Å². The number of carbonyl (C=O) groups is 1. The molecule has 3 nitrogen and oxygen atoms in total. The minimum atomic E-state index is 0.124. The Kier molecular flexibility index (Phi) is 7.02. The van der Waals surface area contributed by atoms with Gasteiger partial charge in [0.1, 0.15) is 0 Å². The Hall–Kier alpha value is -0.220. The highest BCUT2D eigenvalue weighted by Crippen LogP contribution is 2.19. The van der Waals surface area contributed by atoms with Gasteiger partial charge in [-0.15, -0.1) is 0 Å². The highest BCUT2D eigenvalue weighted by molar-refractivity contribution is 7.99. The van der Waals surface area contributed by atoms with Gasteiger partial charge in [-0.3, -0.25) is 4.79 Å². The summed E-state index contributed by atoms with van der Waals surface area (Å²) in [5.41, 5.74) is 0. The van der Waals surface area contributed by atoms with Gasteiger partial charge in [0.15, 0.2) is 0 Å². The predicted octanol–water partition coefficient (Wildman–Crippen LogP) is 1.63. The second-order valence-electron chi connectivity index (χ2n) is 4.61. The van der Waals surface area contributed by atoms with Crippen LogP contribution in [-0.4, -0.2) is 36.0 Å². The van der Waals surface area contributed by atoms with Crippen molar-refractivity contribution in [1.82, 2.24) is 10.6 Å². The Morgan fingerprint density at radius 1 is 1.40 bits per heavy atom. The van der Waals surface area contributed by atoms with E-state index in [0.29, 0.717) is 6.42 Å². The van der Waals surface area contributed by atoms with E-state index in [1.165, 1.54) is 0 Å². The van der Waals surface area contributed by atoms with Gasteiger partial charge in [0, 0.05) is 30.3 Å². The molecule has 0 saturated carbocycles. The number of hydrogen-bond acceptors (Lipinski definition) is 3. The molecule has 0 rings (SSSR count). The zero-order chi connectivity index (χ0) is 11.9. The molecule has 90 valence electrons. The smallest absolute Gasteiger partial charge is 0.221 e. The third-order valence-electron chi connectivity index (χ3n) is 2.08. The molecule has 0 bridgehead atoms. The summed E-state index contributed by atoms with van der Waals surface area (Å²) in [4.78, 5) is 11.3. The molecular formula is C11H24N2OS. The molecule has 0 spiro atoms. The van der Waals surface area contributed by atoms with Crippen LogP contribution in [0.3, 0.4) is 0 Å². The standard InChI is InChI=1S/C11H24N2OS/c1-9(2)13-10(14)6-7-12-8-11(3,4)15-5/h9,12H,6-8H2,1-5H3,(H,13,14). The van der Waals surface area contributed by atoms with E-state index in [9.17, 15) is 4.79 Å². The van der Waals surface area contributed by atoms with Gasteiger partial charge >= 0.3 is 0 Å². The first-order chi connectivity index (χ1) is 6.87. The molecule has 15 heavy (non-hydrogen) atoms. The summed E-state index contributed by atoms with van der Waals surface area (Å²) in [5.74, 6) is 0.124. The van der Waals surface area contributed by atoms with Gasteiger partial charge in [0.05, 0.1) is 0 Å². The summed E-state index contributed by atoms with van der Waals surface area (Å²) in [5, 5.41) is 6.17. The van der Waals surface area contributed by atoms with Crippen molar-refractivity contribution in [1.29, 1.82) is 0 Å². The van der Waals surface area contributed by atoms with Crippen molar-refractivity contribution in [3.63, 3.8) is 0 Å². The highest BCUT2D eigenvalue weighted by Gasteiger charge is 2.14. The third-order valence-corrected chi connectivity index (χ3v) is 3.33. The zero-order valence-electron chi connectivity index (χ0n) is 10.5. The Labute approximate surface area is 97.8 Å². The Bertz CT molecular complexity index is 193. The van der Waals surface area contributed by atoms with Crippen LogP contribution in [0, 0.1) is 0 Å². The minimum absolute atomic E-state index is 0.124. The molecule has 0 aliphatic carbocycles. The topological polar surface area (TPSA) is 41.1 Å². The van der Waals surface area contributed by atoms with Gasteiger partial charge in [0.2, 0.25) is 5.91 Å². The molecule has 0 radical (unpaired) electrons. The molecule has 0 fully saturated rings. The fourth-order valence-electron chi connectivity index (χ4n) is 1.06. The van der Waals surface area contributed by atoms with E-state index in [4.69, 9.17) is 0 Å². The molecule has 1 amide bonds. The van der Waals surface area contributed by atoms with Gasteiger partial charge in [-0.2, -0.15) is 11.8 Å². The fraction of sp³-hybridized carbons (Fsp3) is 0.909. The molecule has 0 aromatic heterocycles. The maximum atomic E-state index is 11.3. The lowest BCUT2D eigenvalue weighted by atomic mass is 10.2. The minimum Gasteiger partial charge on any atom is -0.354 e. The van der Waals surface area contributed by atoms with Crippen molar-refractivity contribution in [2.75, 3.05) is 19.3 Å². The number of thioether (sulfide) groups is 1. The molecule has 0 heterocycles. The molecule has 0 aliphatic rings. The summed E-state index contributed by atoms with van der Waals surface area (Å²) in [6.07, 6.45) is 2.66. The molecule has 0 aliphatic heterocycles. The largest absolute Gasteiger partial charge is 0.354 e. The molecular weight excluding hydrogens is 208 g/mol. The Morgan fingerprint density at radius 3 is 2.47 bits per heavy atom. The van der Waals surface area contributed by atoms with Crippen LogP contribution >= 0.6 is 11.8 Å². The van der Waals surface area contributed by atoms with Crippen molar-refractivity contribution >= 4 is 17.7 Å². The first-order valence-electron chi connectivity index (χ1n) is 5.42. The Morgan fingerprint density at radius 2 is 2.00 bits per heavy atom. The second kappa shape index (κ2) is 7.12. The van der Waals surface area contributed by atoms with Crippen LogP contribution in [0.4, 0.5) is 0 Å². The number of nitrogens with one attached hydrogen (secondary N) is 2.